The monoisotopic (exact) mass is 165 g/mol. The molecule has 1 unspecified atom stereocenters. The second kappa shape index (κ2) is 3.83. The molecule has 0 aliphatic heterocycles. The normalized spacial score (nSPS) is 12.4. The highest BCUT2D eigenvalue weighted by Crippen LogP contribution is 1.96. The van der Waals surface area contributed by atoms with Gasteiger partial charge in [0.25, 0.3) is 5.82 Å². The molecule has 0 aliphatic carbocycles. The standard InChI is InChI=1S/C7H11N5/c1-6(2-8)4-12-5-10-7(3-9)11-12/h5-6H,2,4,8H2,1H3. The fraction of sp³-hybridized carbons (Fsp3) is 0.571. The van der Waals surface area contributed by atoms with Crippen LogP contribution in [0.3, 0.4) is 0 Å². The number of aromatic nitrogens is 3. The molecule has 1 atom stereocenters. The van der Waals surface area contributed by atoms with E-state index in [1.165, 1.54) is 0 Å². The summed E-state index contributed by atoms with van der Waals surface area (Å²) < 4.78 is 1.64. The van der Waals surface area contributed by atoms with Crippen LogP contribution in [-0.2, 0) is 6.54 Å². The summed E-state index contributed by atoms with van der Waals surface area (Å²) in [5.74, 6) is 0.567. The molecule has 2 N–H and O–H groups in total. The minimum Gasteiger partial charge on any atom is -0.330 e. The van der Waals surface area contributed by atoms with Crippen molar-refractivity contribution in [1.82, 2.24) is 14.8 Å². The summed E-state index contributed by atoms with van der Waals surface area (Å²) in [6.45, 7) is 3.35. The lowest BCUT2D eigenvalue weighted by Crippen LogP contribution is -2.17. The molecule has 0 bridgehead atoms. The summed E-state index contributed by atoms with van der Waals surface area (Å²) in [6.07, 6.45) is 1.55. The minimum absolute atomic E-state index is 0.208. The number of nitrogens with two attached hydrogens (primary N) is 1. The maximum atomic E-state index is 8.43. The van der Waals surface area contributed by atoms with E-state index in [4.69, 9.17) is 11.0 Å². The molecule has 5 heteroatoms. The first-order chi connectivity index (χ1) is 5.76. The van der Waals surface area contributed by atoms with Crippen LogP contribution in [0.15, 0.2) is 6.33 Å². The Morgan fingerprint density at radius 1 is 1.83 bits per heavy atom. The van der Waals surface area contributed by atoms with Crippen LogP contribution in [0.25, 0.3) is 0 Å². The van der Waals surface area contributed by atoms with Gasteiger partial charge in [0.1, 0.15) is 12.4 Å². The summed E-state index contributed by atoms with van der Waals surface area (Å²) in [4.78, 5) is 3.77. The highest BCUT2D eigenvalue weighted by atomic mass is 15.3. The van der Waals surface area contributed by atoms with Gasteiger partial charge in [0.05, 0.1) is 0 Å². The van der Waals surface area contributed by atoms with Crippen LogP contribution in [0.5, 0.6) is 0 Å². The van der Waals surface area contributed by atoms with Crippen LogP contribution < -0.4 is 5.73 Å². The Bertz CT molecular complexity index is 284. The van der Waals surface area contributed by atoms with E-state index in [9.17, 15) is 0 Å². The van der Waals surface area contributed by atoms with Gasteiger partial charge in [0.2, 0.25) is 0 Å². The van der Waals surface area contributed by atoms with Gasteiger partial charge in [-0.25, -0.2) is 4.98 Å². The van der Waals surface area contributed by atoms with Crippen molar-refractivity contribution in [3.63, 3.8) is 0 Å². The van der Waals surface area contributed by atoms with Crippen LogP contribution >= 0.6 is 0 Å². The fourth-order valence-electron chi connectivity index (χ4n) is 0.828. The van der Waals surface area contributed by atoms with Gasteiger partial charge in [-0.1, -0.05) is 6.92 Å². The van der Waals surface area contributed by atoms with E-state index in [1.54, 1.807) is 11.0 Å². The number of rotatable bonds is 3. The quantitative estimate of drug-likeness (QED) is 0.669. The highest BCUT2D eigenvalue weighted by Gasteiger charge is 2.02. The van der Waals surface area contributed by atoms with Crippen LogP contribution in [0, 0.1) is 17.2 Å². The molecule has 0 amide bonds. The molecule has 1 aromatic heterocycles. The Balaban J connectivity index is 2.59. The van der Waals surface area contributed by atoms with Gasteiger partial charge in [0, 0.05) is 6.54 Å². The molecule has 1 aromatic rings. The summed E-state index contributed by atoms with van der Waals surface area (Å²) >= 11 is 0. The summed E-state index contributed by atoms with van der Waals surface area (Å²) in [7, 11) is 0. The number of hydrogen-bond donors (Lipinski definition) is 1. The first-order valence-electron chi connectivity index (χ1n) is 3.76. The van der Waals surface area contributed by atoms with Crippen LogP contribution in [0.4, 0.5) is 0 Å². The van der Waals surface area contributed by atoms with E-state index in [1.807, 2.05) is 13.0 Å². The summed E-state index contributed by atoms with van der Waals surface area (Å²) in [5.41, 5.74) is 5.43. The number of nitriles is 1. The lowest BCUT2D eigenvalue weighted by atomic mass is 10.2. The third kappa shape index (κ3) is 2.04. The van der Waals surface area contributed by atoms with Gasteiger partial charge >= 0.3 is 0 Å². The van der Waals surface area contributed by atoms with Gasteiger partial charge in [-0.15, -0.1) is 5.10 Å². The lowest BCUT2D eigenvalue weighted by Gasteiger charge is -2.06. The van der Waals surface area contributed by atoms with Crippen molar-refractivity contribution in [2.24, 2.45) is 11.7 Å². The van der Waals surface area contributed by atoms with Crippen molar-refractivity contribution in [2.75, 3.05) is 6.54 Å². The number of hydrogen-bond acceptors (Lipinski definition) is 4. The van der Waals surface area contributed by atoms with E-state index < -0.39 is 0 Å². The molecular formula is C7H11N5. The average molecular weight is 165 g/mol. The van der Waals surface area contributed by atoms with E-state index in [0.717, 1.165) is 0 Å². The molecule has 5 nitrogen and oxygen atoms in total. The molecule has 64 valence electrons. The molecule has 12 heavy (non-hydrogen) atoms. The molecule has 0 saturated carbocycles. The molecule has 0 aliphatic rings. The number of nitrogens with zero attached hydrogens (tertiary/aromatic N) is 4. The smallest absolute Gasteiger partial charge is 0.252 e. The van der Waals surface area contributed by atoms with Crippen molar-refractivity contribution >= 4 is 0 Å². The Labute approximate surface area is 70.8 Å². The van der Waals surface area contributed by atoms with E-state index in [-0.39, 0.29) is 5.82 Å². The topological polar surface area (TPSA) is 80.5 Å². The Hall–Kier alpha value is -1.41. The Morgan fingerprint density at radius 3 is 3.08 bits per heavy atom. The molecule has 0 spiro atoms. The zero-order chi connectivity index (χ0) is 8.97. The van der Waals surface area contributed by atoms with Gasteiger partial charge in [-0.3, -0.25) is 4.68 Å². The maximum Gasteiger partial charge on any atom is 0.252 e. The Kier molecular flexibility index (Phi) is 2.77. The fourth-order valence-corrected chi connectivity index (χ4v) is 0.828. The van der Waals surface area contributed by atoms with Crippen molar-refractivity contribution in [3.05, 3.63) is 12.2 Å². The predicted octanol–water partition coefficient (Wildman–Crippen LogP) is -0.255. The van der Waals surface area contributed by atoms with E-state index in [0.29, 0.717) is 19.0 Å². The molecule has 1 rings (SSSR count). The van der Waals surface area contributed by atoms with Crippen LogP contribution in [-0.4, -0.2) is 21.3 Å². The molecule has 1 heterocycles. The minimum atomic E-state index is 0.208. The first kappa shape index (κ1) is 8.68. The second-order valence-corrected chi connectivity index (χ2v) is 2.74. The summed E-state index contributed by atoms with van der Waals surface area (Å²) in [6, 6.07) is 1.86. The van der Waals surface area contributed by atoms with Gasteiger partial charge in [-0.05, 0) is 12.5 Å². The van der Waals surface area contributed by atoms with Crippen molar-refractivity contribution < 1.29 is 0 Å². The van der Waals surface area contributed by atoms with Crippen LogP contribution in [0.1, 0.15) is 12.7 Å². The third-order valence-corrected chi connectivity index (χ3v) is 1.54. The first-order valence-corrected chi connectivity index (χ1v) is 3.76. The molecule has 0 aromatic carbocycles. The van der Waals surface area contributed by atoms with Crippen molar-refractivity contribution in [2.45, 2.75) is 13.5 Å². The van der Waals surface area contributed by atoms with Crippen molar-refractivity contribution in [1.29, 1.82) is 5.26 Å². The zero-order valence-electron chi connectivity index (χ0n) is 6.94. The van der Waals surface area contributed by atoms with Gasteiger partial charge in [-0.2, -0.15) is 5.26 Å². The molecule has 0 fully saturated rings. The highest BCUT2D eigenvalue weighted by molar-refractivity contribution is 5.05. The third-order valence-electron chi connectivity index (χ3n) is 1.54. The predicted molar refractivity (Wildman–Crippen MR) is 43.0 cm³/mol. The van der Waals surface area contributed by atoms with E-state index in [2.05, 4.69) is 10.1 Å². The lowest BCUT2D eigenvalue weighted by molar-refractivity contribution is 0.457. The average Bonchev–Trinajstić information content (AvgIpc) is 2.52. The van der Waals surface area contributed by atoms with Gasteiger partial charge in [0.15, 0.2) is 0 Å². The molecule has 0 radical (unpaired) electrons. The summed E-state index contributed by atoms with van der Waals surface area (Å²) in [5, 5.41) is 12.3. The maximum absolute atomic E-state index is 8.43. The van der Waals surface area contributed by atoms with Crippen LogP contribution in [0.2, 0.25) is 0 Å². The largest absolute Gasteiger partial charge is 0.330 e. The van der Waals surface area contributed by atoms with Gasteiger partial charge < -0.3 is 5.73 Å². The van der Waals surface area contributed by atoms with Crippen molar-refractivity contribution in [3.8, 4) is 6.07 Å². The van der Waals surface area contributed by atoms with E-state index >= 15 is 0 Å². The molecular weight excluding hydrogens is 154 g/mol. The molecule has 0 saturated heterocycles. The second-order valence-electron chi connectivity index (χ2n) is 2.74. The Morgan fingerprint density at radius 2 is 2.58 bits per heavy atom. The zero-order valence-corrected chi connectivity index (χ0v) is 6.94. The SMILES string of the molecule is CC(CN)Cn1cnc(C#N)n1.